The van der Waals surface area contributed by atoms with Gasteiger partial charge in [-0.2, -0.15) is 0 Å². The smallest absolute Gasteiger partial charge is 0.165 e. The third-order valence-electron chi connectivity index (χ3n) is 1.92. The second kappa shape index (κ2) is 5.16. The van der Waals surface area contributed by atoms with Crippen LogP contribution in [0.4, 0.5) is 4.39 Å². The highest BCUT2D eigenvalue weighted by Gasteiger charge is 2.17. The van der Waals surface area contributed by atoms with Crippen LogP contribution in [0.25, 0.3) is 0 Å². The van der Waals surface area contributed by atoms with Gasteiger partial charge in [0.15, 0.2) is 11.5 Å². The lowest BCUT2D eigenvalue weighted by Gasteiger charge is -2.12. The normalized spacial score (nSPS) is 10.4. The Hall–Kier alpha value is -1.04. The van der Waals surface area contributed by atoms with Crippen LogP contribution in [0.1, 0.15) is 5.56 Å². The lowest BCUT2D eigenvalue weighted by molar-refractivity contribution is 0.140. The fraction of sp³-hybridized carbons (Fsp3) is 0.333. The molecule has 0 heterocycles. The van der Waals surface area contributed by atoms with Crippen molar-refractivity contribution in [1.29, 1.82) is 0 Å². The van der Waals surface area contributed by atoms with Crippen LogP contribution in [0.5, 0.6) is 11.5 Å². The van der Waals surface area contributed by atoms with E-state index in [1.54, 1.807) is 0 Å². The zero-order chi connectivity index (χ0) is 11.4. The first-order chi connectivity index (χ1) is 7.11. The molecule has 84 valence electrons. The Morgan fingerprint density at radius 2 is 2.27 bits per heavy atom. The molecule has 4 nitrogen and oxygen atoms in total. The molecule has 0 unspecified atom stereocenters. The largest absolute Gasteiger partial charge is 0.504 e. The van der Waals surface area contributed by atoms with Crippen molar-refractivity contribution in [2.45, 2.75) is 6.42 Å². The second-order valence-electron chi connectivity index (χ2n) is 2.82. The molecule has 0 aliphatic heterocycles. The lowest BCUT2D eigenvalue weighted by Crippen LogP contribution is -2.06. The van der Waals surface area contributed by atoms with Crippen molar-refractivity contribution in [3.8, 4) is 11.5 Å². The van der Waals surface area contributed by atoms with E-state index in [9.17, 15) is 9.50 Å². The first-order valence-corrected chi connectivity index (χ1v) is 4.55. The van der Waals surface area contributed by atoms with Gasteiger partial charge in [0.1, 0.15) is 5.82 Å². The van der Waals surface area contributed by atoms with Gasteiger partial charge in [0.2, 0.25) is 0 Å². The van der Waals surface area contributed by atoms with E-state index in [4.69, 9.17) is 22.2 Å². The number of hydrogen-bond donors (Lipinski definition) is 2. The number of rotatable bonds is 4. The standard InChI is InChI=1S/C9H11ClFNO3/c1-14-9-5(2-3-15-12)8(10)6(11)4-7(9)13/h4,13H,2-3,12H2,1H3. The summed E-state index contributed by atoms with van der Waals surface area (Å²) in [4.78, 5) is 4.36. The van der Waals surface area contributed by atoms with Crippen LogP contribution in [0, 0.1) is 5.82 Å². The van der Waals surface area contributed by atoms with Crippen molar-refractivity contribution in [3.63, 3.8) is 0 Å². The van der Waals surface area contributed by atoms with Gasteiger partial charge in [0, 0.05) is 18.1 Å². The molecule has 0 saturated carbocycles. The molecule has 1 aromatic rings. The Balaban J connectivity index is 3.18. The summed E-state index contributed by atoms with van der Waals surface area (Å²) < 4.78 is 18.1. The van der Waals surface area contributed by atoms with E-state index in [1.807, 2.05) is 0 Å². The average Bonchev–Trinajstić information content (AvgIpc) is 2.21. The zero-order valence-electron chi connectivity index (χ0n) is 8.09. The van der Waals surface area contributed by atoms with Gasteiger partial charge in [-0.1, -0.05) is 11.6 Å². The number of nitrogens with two attached hydrogens (primary N) is 1. The Bertz CT molecular complexity index is 360. The highest BCUT2D eigenvalue weighted by atomic mass is 35.5. The van der Waals surface area contributed by atoms with Crippen LogP contribution in [-0.4, -0.2) is 18.8 Å². The van der Waals surface area contributed by atoms with Crippen LogP contribution in [0.15, 0.2) is 6.07 Å². The number of phenolic OH excluding ortho intramolecular Hbond substituents is 1. The quantitative estimate of drug-likeness (QED) is 0.779. The molecule has 6 heteroatoms. The molecule has 0 radical (unpaired) electrons. The van der Waals surface area contributed by atoms with Crippen LogP contribution in [0.3, 0.4) is 0 Å². The van der Waals surface area contributed by atoms with Gasteiger partial charge in [-0.05, 0) is 0 Å². The van der Waals surface area contributed by atoms with E-state index in [2.05, 4.69) is 4.84 Å². The van der Waals surface area contributed by atoms with Crippen molar-refractivity contribution in [1.82, 2.24) is 0 Å². The van der Waals surface area contributed by atoms with Crippen LogP contribution >= 0.6 is 11.6 Å². The molecule has 0 bridgehead atoms. The van der Waals surface area contributed by atoms with E-state index >= 15 is 0 Å². The molecule has 0 spiro atoms. The second-order valence-corrected chi connectivity index (χ2v) is 3.20. The van der Waals surface area contributed by atoms with Gasteiger partial charge in [-0.3, -0.25) is 0 Å². The summed E-state index contributed by atoms with van der Waals surface area (Å²) in [5.41, 5.74) is 0.335. The molecule has 1 aromatic carbocycles. The molecule has 0 atom stereocenters. The number of phenols is 1. The molecule has 3 N–H and O–H groups in total. The number of ether oxygens (including phenoxy) is 1. The minimum absolute atomic E-state index is 0.0956. The Morgan fingerprint density at radius 3 is 2.80 bits per heavy atom. The van der Waals surface area contributed by atoms with Gasteiger partial charge in [-0.15, -0.1) is 0 Å². The van der Waals surface area contributed by atoms with Crippen LogP contribution in [-0.2, 0) is 11.3 Å². The molecular weight excluding hydrogens is 225 g/mol. The van der Waals surface area contributed by atoms with E-state index < -0.39 is 5.82 Å². The average molecular weight is 236 g/mol. The van der Waals surface area contributed by atoms with Gasteiger partial charge >= 0.3 is 0 Å². The van der Waals surface area contributed by atoms with Gasteiger partial charge in [0.25, 0.3) is 0 Å². The predicted octanol–water partition coefficient (Wildman–Crippen LogP) is 1.63. The summed E-state index contributed by atoms with van der Waals surface area (Å²) in [7, 11) is 1.36. The van der Waals surface area contributed by atoms with Crippen molar-refractivity contribution in [2.24, 2.45) is 5.90 Å². The summed E-state index contributed by atoms with van der Waals surface area (Å²) in [6, 6.07) is 0.897. The van der Waals surface area contributed by atoms with Crippen molar-refractivity contribution in [3.05, 3.63) is 22.5 Å². The highest BCUT2D eigenvalue weighted by Crippen LogP contribution is 2.37. The maximum absolute atomic E-state index is 13.2. The van der Waals surface area contributed by atoms with Crippen LogP contribution in [0.2, 0.25) is 5.02 Å². The third-order valence-corrected chi connectivity index (χ3v) is 2.33. The molecular formula is C9H11ClFNO3. The first-order valence-electron chi connectivity index (χ1n) is 4.17. The minimum atomic E-state index is -0.706. The molecule has 0 fully saturated rings. The van der Waals surface area contributed by atoms with Crippen LogP contribution < -0.4 is 10.6 Å². The maximum atomic E-state index is 13.2. The lowest BCUT2D eigenvalue weighted by atomic mass is 10.1. The number of benzene rings is 1. The summed E-state index contributed by atoms with van der Waals surface area (Å²) in [5.74, 6) is 3.99. The third kappa shape index (κ3) is 2.50. The molecule has 0 saturated heterocycles. The zero-order valence-corrected chi connectivity index (χ0v) is 8.84. The van der Waals surface area contributed by atoms with Gasteiger partial charge < -0.3 is 14.7 Å². The number of halogens is 2. The maximum Gasteiger partial charge on any atom is 0.165 e. The molecule has 15 heavy (non-hydrogen) atoms. The Labute approximate surface area is 91.3 Å². The van der Waals surface area contributed by atoms with E-state index in [1.165, 1.54) is 7.11 Å². The molecule has 0 aromatic heterocycles. The summed E-state index contributed by atoms with van der Waals surface area (Å²) in [6.07, 6.45) is 0.254. The Kier molecular flexibility index (Phi) is 4.14. The van der Waals surface area contributed by atoms with Gasteiger partial charge in [-0.25, -0.2) is 10.3 Å². The minimum Gasteiger partial charge on any atom is -0.504 e. The van der Waals surface area contributed by atoms with Crippen molar-refractivity contribution < 1.29 is 19.1 Å². The van der Waals surface area contributed by atoms with E-state index in [0.29, 0.717) is 5.56 Å². The fourth-order valence-electron chi connectivity index (χ4n) is 1.26. The summed E-state index contributed by atoms with van der Waals surface area (Å²) in [5, 5.41) is 9.30. The van der Waals surface area contributed by atoms with Gasteiger partial charge in [0.05, 0.1) is 18.7 Å². The molecule has 0 aliphatic carbocycles. The van der Waals surface area contributed by atoms with E-state index in [0.717, 1.165) is 6.07 Å². The van der Waals surface area contributed by atoms with Crippen molar-refractivity contribution >= 4 is 11.6 Å². The van der Waals surface area contributed by atoms with Crippen molar-refractivity contribution in [2.75, 3.05) is 13.7 Å². The first kappa shape index (κ1) is 12.0. The van der Waals surface area contributed by atoms with E-state index in [-0.39, 0.29) is 29.5 Å². The number of hydrogen-bond acceptors (Lipinski definition) is 4. The highest BCUT2D eigenvalue weighted by molar-refractivity contribution is 6.31. The SMILES string of the molecule is COc1c(O)cc(F)c(Cl)c1CCON. The number of methoxy groups -OCH3 is 1. The summed E-state index contributed by atoms with van der Waals surface area (Å²) >= 11 is 5.72. The monoisotopic (exact) mass is 235 g/mol. The predicted molar refractivity (Wildman–Crippen MR) is 53.5 cm³/mol. The molecule has 0 aliphatic rings. The fourth-order valence-corrected chi connectivity index (χ4v) is 1.49. The topological polar surface area (TPSA) is 64.7 Å². The summed E-state index contributed by atoms with van der Waals surface area (Å²) in [6.45, 7) is 0.152. The number of aromatic hydroxyl groups is 1. The Morgan fingerprint density at radius 1 is 1.60 bits per heavy atom. The molecule has 0 amide bonds. The molecule has 1 rings (SSSR count).